The van der Waals surface area contributed by atoms with Gasteiger partial charge in [0.25, 0.3) is 5.91 Å². The minimum absolute atomic E-state index is 0. The summed E-state index contributed by atoms with van der Waals surface area (Å²) in [5.74, 6) is 1.47. The van der Waals surface area contributed by atoms with Gasteiger partial charge in [-0.15, -0.1) is 12.4 Å². The summed E-state index contributed by atoms with van der Waals surface area (Å²) in [6.45, 7) is 1.26. The van der Waals surface area contributed by atoms with E-state index in [-0.39, 0.29) is 36.1 Å². The van der Waals surface area contributed by atoms with Crippen molar-refractivity contribution in [2.45, 2.75) is 19.0 Å². The van der Waals surface area contributed by atoms with Crippen LogP contribution in [0.3, 0.4) is 0 Å². The molecule has 1 fully saturated rings. The summed E-state index contributed by atoms with van der Waals surface area (Å²) < 4.78 is 12.9. The lowest BCUT2D eigenvalue weighted by Crippen LogP contribution is -2.39. The largest absolute Gasteiger partial charge is 0.348 e. The first-order valence-corrected chi connectivity index (χ1v) is 9.99. The summed E-state index contributed by atoms with van der Waals surface area (Å²) in [5.41, 5.74) is 1.99. The minimum atomic E-state index is -0.305. The summed E-state index contributed by atoms with van der Waals surface area (Å²) in [6, 6.07) is 13.0. The molecule has 1 aliphatic heterocycles. The van der Waals surface area contributed by atoms with Gasteiger partial charge in [0, 0.05) is 48.3 Å². The Labute approximate surface area is 174 Å². The molecule has 0 aromatic heterocycles. The number of hydrogen-bond donors (Lipinski definition) is 3. The Morgan fingerprint density at radius 1 is 1.11 bits per heavy atom. The van der Waals surface area contributed by atoms with Crippen LogP contribution in [0.25, 0.3) is 0 Å². The molecule has 1 unspecified atom stereocenters. The van der Waals surface area contributed by atoms with E-state index >= 15 is 0 Å². The summed E-state index contributed by atoms with van der Waals surface area (Å²) >= 11 is 1.85. The number of carbonyl (C=O) groups is 2. The van der Waals surface area contributed by atoms with E-state index in [0.717, 1.165) is 23.6 Å². The van der Waals surface area contributed by atoms with Gasteiger partial charge in [0.15, 0.2) is 0 Å². The van der Waals surface area contributed by atoms with Gasteiger partial charge in [-0.25, -0.2) is 4.39 Å². The Bertz CT molecular complexity index is 781. The van der Waals surface area contributed by atoms with Crippen LogP contribution in [-0.4, -0.2) is 35.9 Å². The minimum Gasteiger partial charge on any atom is -0.348 e. The molecule has 0 bridgehead atoms. The van der Waals surface area contributed by atoms with Crippen molar-refractivity contribution in [3.05, 3.63) is 65.5 Å². The normalized spacial score (nSPS) is 16.0. The van der Waals surface area contributed by atoms with E-state index in [1.54, 1.807) is 36.4 Å². The molecule has 2 aromatic carbocycles. The maximum Gasteiger partial charge on any atom is 0.251 e. The van der Waals surface area contributed by atoms with E-state index in [1.165, 1.54) is 12.1 Å². The fourth-order valence-corrected chi connectivity index (χ4v) is 3.73. The molecule has 1 atom stereocenters. The summed E-state index contributed by atoms with van der Waals surface area (Å²) in [5, 5.41) is 8.99. The highest BCUT2D eigenvalue weighted by Crippen LogP contribution is 2.13. The standard InChI is InChI=1S/C20H22FN3O2S.ClH/c21-16-5-1-14(2-6-16)12-23-20(26)15-3-7-17(8-4-15)24-19(25)11-18-13-27-10-9-22-18;/h1-8,18,22H,9-13H2,(H,23,26)(H,24,25);1H. The molecule has 0 spiro atoms. The van der Waals surface area contributed by atoms with Crippen molar-refractivity contribution in [1.29, 1.82) is 0 Å². The second-order valence-corrected chi connectivity index (χ2v) is 7.51. The molecular weight excluding hydrogens is 401 g/mol. The first-order chi connectivity index (χ1) is 13.1. The second kappa shape index (κ2) is 11.0. The van der Waals surface area contributed by atoms with E-state index < -0.39 is 0 Å². The zero-order chi connectivity index (χ0) is 19.1. The molecule has 3 N–H and O–H groups in total. The molecule has 2 aromatic rings. The summed E-state index contributed by atoms with van der Waals surface area (Å²) in [6.07, 6.45) is 0.437. The van der Waals surface area contributed by atoms with Crippen LogP contribution in [0.2, 0.25) is 0 Å². The third-order valence-electron chi connectivity index (χ3n) is 4.23. The zero-order valence-corrected chi connectivity index (χ0v) is 16.9. The molecule has 28 heavy (non-hydrogen) atoms. The number of rotatable bonds is 6. The molecule has 8 heteroatoms. The van der Waals surface area contributed by atoms with Gasteiger partial charge in [-0.1, -0.05) is 12.1 Å². The molecule has 0 saturated carbocycles. The lowest BCUT2D eigenvalue weighted by molar-refractivity contribution is -0.116. The van der Waals surface area contributed by atoms with Crippen molar-refractivity contribution in [3.63, 3.8) is 0 Å². The lowest BCUT2D eigenvalue weighted by Gasteiger charge is -2.22. The first kappa shape index (κ1) is 22.2. The van der Waals surface area contributed by atoms with Gasteiger partial charge in [-0.3, -0.25) is 9.59 Å². The van der Waals surface area contributed by atoms with Crippen molar-refractivity contribution in [1.82, 2.24) is 10.6 Å². The smallest absolute Gasteiger partial charge is 0.251 e. The quantitative estimate of drug-likeness (QED) is 0.667. The number of anilines is 1. The Balaban J connectivity index is 0.00000280. The van der Waals surface area contributed by atoms with Gasteiger partial charge in [-0.2, -0.15) is 11.8 Å². The highest BCUT2D eigenvalue weighted by molar-refractivity contribution is 7.99. The Morgan fingerprint density at radius 3 is 2.46 bits per heavy atom. The van der Waals surface area contributed by atoms with Crippen molar-refractivity contribution in [2.24, 2.45) is 0 Å². The fraction of sp³-hybridized carbons (Fsp3) is 0.300. The molecule has 5 nitrogen and oxygen atoms in total. The van der Waals surface area contributed by atoms with E-state index in [0.29, 0.717) is 24.2 Å². The zero-order valence-electron chi connectivity index (χ0n) is 15.2. The van der Waals surface area contributed by atoms with Crippen LogP contribution in [0, 0.1) is 5.82 Å². The van der Waals surface area contributed by atoms with Crippen LogP contribution < -0.4 is 16.0 Å². The number of thioether (sulfide) groups is 1. The molecule has 1 heterocycles. The van der Waals surface area contributed by atoms with Gasteiger partial charge < -0.3 is 16.0 Å². The maximum absolute atomic E-state index is 12.9. The van der Waals surface area contributed by atoms with E-state index in [4.69, 9.17) is 0 Å². The number of amides is 2. The van der Waals surface area contributed by atoms with Crippen LogP contribution in [0.5, 0.6) is 0 Å². The predicted octanol–water partition coefficient (Wildman–Crippen LogP) is 3.21. The van der Waals surface area contributed by atoms with Crippen LogP contribution in [-0.2, 0) is 11.3 Å². The number of benzene rings is 2. The number of nitrogens with one attached hydrogen (secondary N) is 3. The molecule has 150 valence electrons. The SMILES string of the molecule is Cl.O=C(CC1CSCCN1)Nc1ccc(C(=O)NCc2ccc(F)cc2)cc1. The highest BCUT2D eigenvalue weighted by atomic mass is 35.5. The average Bonchev–Trinajstić information content (AvgIpc) is 2.68. The molecule has 1 saturated heterocycles. The predicted molar refractivity (Wildman–Crippen MR) is 114 cm³/mol. The lowest BCUT2D eigenvalue weighted by atomic mass is 10.1. The van der Waals surface area contributed by atoms with Crippen molar-refractivity contribution < 1.29 is 14.0 Å². The average molecular weight is 424 g/mol. The molecule has 3 rings (SSSR count). The number of hydrogen-bond acceptors (Lipinski definition) is 4. The van der Waals surface area contributed by atoms with Gasteiger partial charge in [-0.05, 0) is 42.0 Å². The topological polar surface area (TPSA) is 70.2 Å². The summed E-state index contributed by atoms with van der Waals surface area (Å²) in [4.78, 5) is 24.3. The first-order valence-electron chi connectivity index (χ1n) is 8.84. The maximum atomic E-state index is 12.9. The van der Waals surface area contributed by atoms with Crippen LogP contribution in [0.15, 0.2) is 48.5 Å². The Kier molecular flexibility index (Phi) is 8.76. The van der Waals surface area contributed by atoms with Crippen molar-refractivity contribution >= 4 is 41.7 Å². The third kappa shape index (κ3) is 6.82. The fourth-order valence-electron chi connectivity index (χ4n) is 2.78. The highest BCUT2D eigenvalue weighted by Gasteiger charge is 2.16. The molecule has 1 aliphatic rings. The van der Waals surface area contributed by atoms with E-state index in [2.05, 4.69) is 16.0 Å². The molecule has 0 radical (unpaired) electrons. The molecule has 2 amide bonds. The van der Waals surface area contributed by atoms with Crippen LogP contribution >= 0.6 is 24.2 Å². The van der Waals surface area contributed by atoms with E-state index in [1.807, 2.05) is 11.8 Å². The Hall–Kier alpha value is -2.09. The van der Waals surface area contributed by atoms with Crippen LogP contribution in [0.4, 0.5) is 10.1 Å². The van der Waals surface area contributed by atoms with Gasteiger partial charge in [0.2, 0.25) is 5.91 Å². The van der Waals surface area contributed by atoms with Crippen LogP contribution in [0.1, 0.15) is 22.3 Å². The summed E-state index contributed by atoms with van der Waals surface area (Å²) in [7, 11) is 0. The number of halogens is 2. The second-order valence-electron chi connectivity index (χ2n) is 6.36. The Morgan fingerprint density at radius 2 is 1.82 bits per heavy atom. The van der Waals surface area contributed by atoms with E-state index in [9.17, 15) is 14.0 Å². The monoisotopic (exact) mass is 423 g/mol. The molecular formula is C20H23ClFN3O2S. The van der Waals surface area contributed by atoms with Gasteiger partial charge >= 0.3 is 0 Å². The molecule has 0 aliphatic carbocycles. The third-order valence-corrected chi connectivity index (χ3v) is 5.36. The number of carbonyl (C=O) groups excluding carboxylic acids is 2. The van der Waals surface area contributed by atoms with Crippen molar-refractivity contribution in [3.8, 4) is 0 Å². The van der Waals surface area contributed by atoms with Gasteiger partial charge in [0.05, 0.1) is 0 Å². The van der Waals surface area contributed by atoms with Gasteiger partial charge in [0.1, 0.15) is 5.82 Å². The van der Waals surface area contributed by atoms with Crippen molar-refractivity contribution in [2.75, 3.05) is 23.4 Å².